The summed E-state index contributed by atoms with van der Waals surface area (Å²) in [4.78, 5) is 11.5. The fourth-order valence-electron chi connectivity index (χ4n) is 2.42. The van der Waals surface area contributed by atoms with E-state index in [1.165, 1.54) is 0 Å². The number of carboxylic acid groups (broad SMARTS) is 1. The zero-order chi connectivity index (χ0) is 13.9. The van der Waals surface area contributed by atoms with Crippen LogP contribution in [-0.2, 0) is 11.8 Å². The Morgan fingerprint density at radius 3 is 3.11 bits per heavy atom. The number of carbonyl (C=O) groups is 1. The Bertz CT molecular complexity index is 451. The topological polar surface area (TPSA) is 80.0 Å². The molecule has 2 rings (SSSR count). The van der Waals surface area contributed by atoms with Crippen molar-refractivity contribution in [3.8, 4) is 0 Å². The highest BCUT2D eigenvalue weighted by Crippen LogP contribution is 2.39. The Labute approximate surface area is 117 Å². The minimum absolute atomic E-state index is 0.281. The maximum Gasteiger partial charge on any atom is 0.323 e. The Hall–Kier alpha value is -1.08. The summed E-state index contributed by atoms with van der Waals surface area (Å²) in [6, 6.07) is 0. The van der Waals surface area contributed by atoms with Crippen LogP contribution in [0.1, 0.15) is 32.6 Å². The SMILES string of the molecule is CCCNC1(C(=O)O)CCC(Sc2nncn2C)C1. The van der Waals surface area contributed by atoms with E-state index in [4.69, 9.17) is 0 Å². The fourth-order valence-corrected chi connectivity index (χ4v) is 3.63. The van der Waals surface area contributed by atoms with E-state index in [9.17, 15) is 9.90 Å². The van der Waals surface area contributed by atoms with E-state index in [0.29, 0.717) is 12.8 Å². The second-order valence-corrected chi connectivity index (χ2v) is 6.29. The third kappa shape index (κ3) is 3.09. The number of aromatic nitrogens is 3. The van der Waals surface area contributed by atoms with Crippen LogP contribution in [0, 0.1) is 0 Å². The smallest absolute Gasteiger partial charge is 0.323 e. The summed E-state index contributed by atoms with van der Waals surface area (Å²) in [7, 11) is 1.90. The van der Waals surface area contributed by atoms with Gasteiger partial charge in [-0.15, -0.1) is 10.2 Å². The van der Waals surface area contributed by atoms with E-state index in [-0.39, 0.29) is 5.25 Å². The lowest BCUT2D eigenvalue weighted by Gasteiger charge is -2.25. The predicted molar refractivity (Wildman–Crippen MR) is 73.2 cm³/mol. The summed E-state index contributed by atoms with van der Waals surface area (Å²) in [6.45, 7) is 2.79. The normalized spacial score (nSPS) is 26.7. The highest BCUT2D eigenvalue weighted by Gasteiger charge is 2.45. The lowest BCUT2D eigenvalue weighted by Crippen LogP contribution is -2.50. The van der Waals surface area contributed by atoms with Gasteiger partial charge < -0.3 is 15.0 Å². The molecular formula is C12H20N4O2S. The lowest BCUT2D eigenvalue weighted by atomic mass is 9.98. The van der Waals surface area contributed by atoms with Gasteiger partial charge in [-0.2, -0.15) is 0 Å². The van der Waals surface area contributed by atoms with Crippen molar-refractivity contribution in [1.82, 2.24) is 20.1 Å². The second-order valence-electron chi connectivity index (χ2n) is 5.02. The average molecular weight is 284 g/mol. The molecule has 1 aromatic heterocycles. The van der Waals surface area contributed by atoms with Crippen LogP contribution in [-0.4, -0.2) is 43.2 Å². The molecule has 0 aromatic carbocycles. The Morgan fingerprint density at radius 2 is 2.53 bits per heavy atom. The van der Waals surface area contributed by atoms with E-state index in [1.807, 2.05) is 18.5 Å². The monoisotopic (exact) mass is 284 g/mol. The minimum atomic E-state index is -0.758. The Kier molecular flexibility index (Phi) is 4.46. The summed E-state index contributed by atoms with van der Waals surface area (Å²) < 4.78 is 1.87. The summed E-state index contributed by atoms with van der Waals surface area (Å²) in [5.41, 5.74) is -0.758. The van der Waals surface area contributed by atoms with Gasteiger partial charge in [0, 0.05) is 12.3 Å². The standard InChI is InChI=1S/C12H20N4O2S/c1-3-6-13-12(10(17)18)5-4-9(7-12)19-11-15-14-8-16(11)2/h8-9,13H,3-7H2,1-2H3,(H,17,18). The van der Waals surface area contributed by atoms with E-state index in [0.717, 1.165) is 24.5 Å². The van der Waals surface area contributed by atoms with E-state index < -0.39 is 11.5 Å². The van der Waals surface area contributed by atoms with Crippen molar-refractivity contribution in [3.63, 3.8) is 0 Å². The molecule has 2 N–H and O–H groups in total. The van der Waals surface area contributed by atoms with Gasteiger partial charge in [0.15, 0.2) is 5.16 Å². The van der Waals surface area contributed by atoms with Crippen LogP contribution in [0.2, 0.25) is 0 Å². The molecule has 2 unspecified atom stereocenters. The second kappa shape index (κ2) is 5.92. The van der Waals surface area contributed by atoms with Crippen LogP contribution >= 0.6 is 11.8 Å². The number of carboxylic acids is 1. The fraction of sp³-hybridized carbons (Fsp3) is 0.750. The zero-order valence-corrected chi connectivity index (χ0v) is 12.1. The van der Waals surface area contributed by atoms with Crippen LogP contribution in [0.25, 0.3) is 0 Å². The van der Waals surface area contributed by atoms with Gasteiger partial charge in [0.1, 0.15) is 11.9 Å². The summed E-state index contributed by atoms with van der Waals surface area (Å²) in [5, 5.41) is 21.7. The molecule has 0 aliphatic heterocycles. The first kappa shape index (κ1) is 14.3. The molecule has 0 saturated heterocycles. The first-order chi connectivity index (χ1) is 9.07. The molecule has 1 aromatic rings. The van der Waals surface area contributed by atoms with E-state index >= 15 is 0 Å². The van der Waals surface area contributed by atoms with Gasteiger partial charge >= 0.3 is 5.97 Å². The summed E-state index contributed by atoms with van der Waals surface area (Å²) >= 11 is 1.62. The lowest BCUT2D eigenvalue weighted by molar-refractivity contribution is -0.144. The molecule has 1 heterocycles. The molecule has 1 saturated carbocycles. The molecule has 106 valence electrons. The highest BCUT2D eigenvalue weighted by atomic mass is 32.2. The van der Waals surface area contributed by atoms with Gasteiger partial charge in [-0.25, -0.2) is 0 Å². The van der Waals surface area contributed by atoms with Gasteiger partial charge in [0.05, 0.1) is 0 Å². The molecule has 0 radical (unpaired) electrons. The molecule has 7 heteroatoms. The predicted octanol–water partition coefficient (Wildman–Crippen LogP) is 1.28. The third-order valence-electron chi connectivity index (χ3n) is 3.53. The van der Waals surface area contributed by atoms with Gasteiger partial charge in [-0.05, 0) is 32.2 Å². The van der Waals surface area contributed by atoms with E-state index in [2.05, 4.69) is 15.5 Å². The number of nitrogens with one attached hydrogen (secondary N) is 1. The Morgan fingerprint density at radius 1 is 1.74 bits per heavy atom. The van der Waals surface area contributed by atoms with Gasteiger partial charge in [-0.3, -0.25) is 4.79 Å². The average Bonchev–Trinajstić information content (AvgIpc) is 2.96. The molecule has 0 amide bonds. The van der Waals surface area contributed by atoms with Crippen LogP contribution < -0.4 is 5.32 Å². The quantitative estimate of drug-likeness (QED) is 0.819. The van der Waals surface area contributed by atoms with E-state index in [1.54, 1.807) is 18.1 Å². The summed E-state index contributed by atoms with van der Waals surface area (Å²) in [5.74, 6) is -0.734. The van der Waals surface area contributed by atoms with Gasteiger partial charge in [0.2, 0.25) is 0 Å². The van der Waals surface area contributed by atoms with Crippen LogP contribution in [0.5, 0.6) is 0 Å². The summed E-state index contributed by atoms with van der Waals surface area (Å²) in [6.07, 6.45) is 4.81. The van der Waals surface area contributed by atoms with Crippen LogP contribution in [0.3, 0.4) is 0 Å². The molecule has 1 aliphatic carbocycles. The maximum atomic E-state index is 11.5. The van der Waals surface area contributed by atoms with Crippen molar-refractivity contribution >= 4 is 17.7 Å². The first-order valence-electron chi connectivity index (χ1n) is 6.56. The van der Waals surface area contributed by atoms with Crippen molar-refractivity contribution in [2.24, 2.45) is 7.05 Å². The van der Waals surface area contributed by atoms with Crippen molar-refractivity contribution in [1.29, 1.82) is 0 Å². The minimum Gasteiger partial charge on any atom is -0.480 e. The van der Waals surface area contributed by atoms with Crippen molar-refractivity contribution < 1.29 is 9.90 Å². The van der Waals surface area contributed by atoms with Gasteiger partial charge in [-0.1, -0.05) is 18.7 Å². The first-order valence-corrected chi connectivity index (χ1v) is 7.44. The molecule has 19 heavy (non-hydrogen) atoms. The number of nitrogens with zero attached hydrogens (tertiary/aromatic N) is 3. The zero-order valence-electron chi connectivity index (χ0n) is 11.3. The molecule has 2 atom stereocenters. The number of aliphatic carboxylic acids is 1. The molecule has 0 bridgehead atoms. The molecule has 1 fully saturated rings. The number of aryl methyl sites for hydroxylation is 1. The number of thioether (sulfide) groups is 1. The largest absolute Gasteiger partial charge is 0.480 e. The van der Waals surface area contributed by atoms with Crippen LogP contribution in [0.15, 0.2) is 11.5 Å². The third-order valence-corrected chi connectivity index (χ3v) is 4.85. The molecular weight excluding hydrogens is 264 g/mol. The van der Waals surface area contributed by atoms with Gasteiger partial charge in [0.25, 0.3) is 0 Å². The Balaban J connectivity index is 2.00. The van der Waals surface area contributed by atoms with Crippen molar-refractivity contribution in [2.75, 3.05) is 6.54 Å². The highest BCUT2D eigenvalue weighted by molar-refractivity contribution is 7.99. The number of rotatable bonds is 6. The number of hydrogen-bond acceptors (Lipinski definition) is 5. The molecule has 6 nitrogen and oxygen atoms in total. The van der Waals surface area contributed by atoms with Crippen molar-refractivity contribution in [2.45, 2.75) is 48.6 Å². The van der Waals surface area contributed by atoms with Crippen molar-refractivity contribution in [3.05, 3.63) is 6.33 Å². The number of hydrogen-bond donors (Lipinski definition) is 2. The van der Waals surface area contributed by atoms with Crippen LogP contribution in [0.4, 0.5) is 0 Å². The molecule has 0 spiro atoms. The maximum absolute atomic E-state index is 11.5. The molecule has 1 aliphatic rings.